The van der Waals surface area contributed by atoms with E-state index >= 15 is 0 Å². The summed E-state index contributed by atoms with van der Waals surface area (Å²) in [6.45, 7) is 0.854. The highest BCUT2D eigenvalue weighted by Gasteiger charge is 2.60. The number of carboxylic acid groups (broad SMARTS) is 1. The lowest BCUT2D eigenvalue weighted by atomic mass is 10.1. The van der Waals surface area contributed by atoms with Crippen molar-refractivity contribution in [3.63, 3.8) is 0 Å². The van der Waals surface area contributed by atoms with E-state index in [1.807, 2.05) is 0 Å². The molecule has 7 nitrogen and oxygen atoms in total. The summed E-state index contributed by atoms with van der Waals surface area (Å²) in [5.41, 5.74) is 5.52. The number of nitrogens with two attached hydrogens (primary N) is 1. The van der Waals surface area contributed by atoms with Crippen LogP contribution in [0.4, 0.5) is 27.8 Å². The molecule has 2 aromatic heterocycles. The molecular weight excluding hydrogens is 481 g/mol. The normalized spacial score (nSPS) is 16.1. The number of hydrogen-bond donors (Lipinski definition) is 3. The number of rotatable bonds is 8. The lowest BCUT2D eigenvalue weighted by molar-refractivity contribution is -0.287. The van der Waals surface area contributed by atoms with Crippen LogP contribution in [0.2, 0.25) is 0 Å². The predicted molar refractivity (Wildman–Crippen MR) is 106 cm³/mol. The molecule has 32 heavy (non-hydrogen) atoms. The molecule has 176 valence electrons. The van der Waals surface area contributed by atoms with Crippen LogP contribution in [0.15, 0.2) is 23.2 Å². The first-order valence-electron chi connectivity index (χ1n) is 9.19. The van der Waals surface area contributed by atoms with Crippen molar-refractivity contribution in [1.29, 1.82) is 0 Å². The maximum absolute atomic E-state index is 13.7. The van der Waals surface area contributed by atoms with Crippen molar-refractivity contribution in [3.05, 3.63) is 39.2 Å². The zero-order valence-corrected chi connectivity index (χ0v) is 18.1. The van der Waals surface area contributed by atoms with E-state index in [1.54, 1.807) is 0 Å². The molecule has 1 fully saturated rings. The predicted octanol–water partition coefficient (Wildman–Crippen LogP) is 3.85. The average molecular weight is 499 g/mol. The molecule has 0 spiro atoms. The maximum Gasteiger partial charge on any atom is 0.458 e. The maximum atomic E-state index is 13.7. The van der Waals surface area contributed by atoms with Gasteiger partial charge in [-0.15, -0.1) is 11.3 Å². The molecule has 0 atom stereocenters. The number of thiophene rings is 1. The van der Waals surface area contributed by atoms with E-state index in [1.165, 1.54) is 19.2 Å². The number of nitrogens with one attached hydrogen (secondary N) is 1. The molecule has 2 heterocycles. The second-order valence-corrected chi connectivity index (χ2v) is 10.6. The minimum Gasteiger partial charge on any atom is -0.477 e. The van der Waals surface area contributed by atoms with Crippen molar-refractivity contribution in [2.24, 2.45) is 5.73 Å². The highest BCUT2D eigenvalue weighted by molar-refractivity contribution is 7.91. The van der Waals surface area contributed by atoms with Gasteiger partial charge >= 0.3 is 18.1 Å². The van der Waals surface area contributed by atoms with Crippen molar-refractivity contribution < 1.29 is 40.3 Å². The van der Waals surface area contributed by atoms with E-state index in [9.17, 15) is 40.3 Å². The number of pyridine rings is 1. The number of sulfone groups is 1. The monoisotopic (exact) mass is 499 g/mol. The molecular formula is C18H18F5N3O4S2. The first-order chi connectivity index (χ1) is 14.6. The van der Waals surface area contributed by atoms with E-state index in [2.05, 4.69) is 10.3 Å². The Kier molecular flexibility index (Phi) is 6.02. The van der Waals surface area contributed by atoms with Gasteiger partial charge in [0.2, 0.25) is 0 Å². The molecule has 1 aliphatic rings. The van der Waals surface area contributed by atoms with E-state index in [-0.39, 0.29) is 33.4 Å². The molecule has 0 amide bonds. The Morgan fingerprint density at radius 2 is 1.91 bits per heavy atom. The molecule has 0 saturated heterocycles. The number of carboxylic acids is 1. The molecule has 1 aliphatic carbocycles. The fraction of sp³-hybridized carbons (Fsp3) is 0.444. The van der Waals surface area contributed by atoms with Gasteiger partial charge in [0.15, 0.2) is 9.84 Å². The third kappa shape index (κ3) is 4.43. The third-order valence-corrected chi connectivity index (χ3v) is 8.02. The minimum absolute atomic E-state index is 0.188. The molecule has 0 bridgehead atoms. The van der Waals surface area contributed by atoms with E-state index in [0.717, 1.165) is 0 Å². The van der Waals surface area contributed by atoms with Gasteiger partial charge in [0, 0.05) is 18.3 Å². The van der Waals surface area contributed by atoms with Crippen molar-refractivity contribution in [2.75, 3.05) is 11.1 Å². The van der Waals surface area contributed by atoms with Gasteiger partial charge in [-0.05, 0) is 36.1 Å². The summed E-state index contributed by atoms with van der Waals surface area (Å²) < 4.78 is 90.4. The third-order valence-electron chi connectivity index (χ3n) is 5.05. The van der Waals surface area contributed by atoms with Gasteiger partial charge < -0.3 is 16.2 Å². The summed E-state index contributed by atoms with van der Waals surface area (Å²) >= 11 is -0.200. The van der Waals surface area contributed by atoms with Crippen molar-refractivity contribution >= 4 is 33.0 Å². The number of anilines is 1. The summed E-state index contributed by atoms with van der Waals surface area (Å²) in [7, 11) is -3.82. The molecule has 3 rings (SSSR count). The molecule has 0 aromatic carbocycles. The van der Waals surface area contributed by atoms with Gasteiger partial charge in [0.05, 0.1) is 10.6 Å². The van der Waals surface area contributed by atoms with Gasteiger partial charge in [-0.1, -0.05) is 6.92 Å². The fourth-order valence-corrected chi connectivity index (χ4v) is 4.93. The molecule has 0 aliphatic heterocycles. The Morgan fingerprint density at radius 1 is 1.28 bits per heavy atom. The van der Waals surface area contributed by atoms with Crippen LogP contribution in [0.25, 0.3) is 0 Å². The van der Waals surface area contributed by atoms with Gasteiger partial charge in [-0.25, -0.2) is 18.2 Å². The highest BCUT2D eigenvalue weighted by Crippen LogP contribution is 2.47. The van der Waals surface area contributed by atoms with E-state index in [4.69, 9.17) is 5.73 Å². The van der Waals surface area contributed by atoms with Crippen LogP contribution in [0.5, 0.6) is 0 Å². The summed E-state index contributed by atoms with van der Waals surface area (Å²) in [6, 6.07) is 1.78. The second kappa shape index (κ2) is 7.92. The number of aromatic nitrogens is 1. The topological polar surface area (TPSA) is 122 Å². The average Bonchev–Trinajstić information content (AvgIpc) is 3.29. The zero-order chi connectivity index (χ0) is 24.1. The first-order valence-corrected chi connectivity index (χ1v) is 11.7. The Balaban J connectivity index is 1.97. The first kappa shape index (κ1) is 24.3. The molecule has 1 saturated carbocycles. The summed E-state index contributed by atoms with van der Waals surface area (Å²) in [6.07, 6.45) is -3.28. The lowest BCUT2D eigenvalue weighted by Gasteiger charge is -2.17. The van der Waals surface area contributed by atoms with Crippen LogP contribution in [-0.2, 0) is 27.8 Å². The SMILES string of the molecule is CCS(=O)(=O)c1cc(C2(N)CC2)cnc1NCc1cc(C(F)(F)C(F)(F)F)sc1C(=O)O. The standard InChI is InChI=1S/C18H18F5N3O4S2/c1-2-32(29,30)11-6-10(16(24)3-4-16)8-26-14(11)25-7-9-5-12(31-13(9)15(27)28)17(19,20)18(21,22)23/h5-6,8H,2-4,7,24H2,1H3,(H,25,26)(H,27,28). The molecule has 14 heteroatoms. The van der Waals surface area contributed by atoms with Crippen LogP contribution in [-0.4, -0.2) is 36.4 Å². The highest BCUT2D eigenvalue weighted by atomic mass is 32.2. The number of hydrogen-bond acceptors (Lipinski definition) is 7. The quantitative estimate of drug-likeness (QED) is 0.472. The number of alkyl halides is 5. The van der Waals surface area contributed by atoms with Gasteiger partial charge in [0.1, 0.15) is 15.6 Å². The largest absolute Gasteiger partial charge is 0.477 e. The van der Waals surface area contributed by atoms with E-state index < -0.39 is 49.7 Å². The summed E-state index contributed by atoms with van der Waals surface area (Å²) in [4.78, 5) is 13.0. The van der Waals surface area contributed by atoms with E-state index in [0.29, 0.717) is 24.5 Å². The van der Waals surface area contributed by atoms with Crippen molar-refractivity contribution in [3.8, 4) is 0 Å². The van der Waals surface area contributed by atoms with Crippen LogP contribution in [0.3, 0.4) is 0 Å². The Morgan fingerprint density at radius 3 is 2.41 bits per heavy atom. The van der Waals surface area contributed by atoms with Crippen LogP contribution in [0.1, 0.15) is 45.4 Å². The molecule has 4 N–H and O–H groups in total. The number of aromatic carboxylic acids is 1. The molecule has 0 unspecified atom stereocenters. The van der Waals surface area contributed by atoms with Crippen LogP contribution < -0.4 is 11.1 Å². The van der Waals surface area contributed by atoms with Gasteiger partial charge in [-0.3, -0.25) is 0 Å². The summed E-state index contributed by atoms with van der Waals surface area (Å²) in [5.74, 6) is -7.41. The second-order valence-electron chi connectivity index (χ2n) is 7.33. The number of halogens is 5. The van der Waals surface area contributed by atoms with Crippen LogP contribution in [0, 0.1) is 0 Å². The van der Waals surface area contributed by atoms with Crippen molar-refractivity contribution in [1.82, 2.24) is 4.98 Å². The Labute approximate surface area is 183 Å². The fourth-order valence-electron chi connectivity index (χ4n) is 2.88. The summed E-state index contributed by atoms with van der Waals surface area (Å²) in [5, 5.41) is 11.8. The smallest absolute Gasteiger partial charge is 0.458 e. The minimum atomic E-state index is -5.90. The number of nitrogens with zero attached hydrogens (tertiary/aromatic N) is 1. The molecule has 0 radical (unpaired) electrons. The number of carbonyl (C=O) groups is 1. The Hall–Kier alpha value is -2.32. The lowest BCUT2D eigenvalue weighted by Crippen LogP contribution is -2.32. The van der Waals surface area contributed by atoms with Crippen molar-refractivity contribution in [2.45, 2.75) is 48.8 Å². The van der Waals surface area contributed by atoms with Gasteiger partial charge in [-0.2, -0.15) is 22.0 Å². The zero-order valence-electron chi connectivity index (χ0n) is 16.5. The van der Waals surface area contributed by atoms with Gasteiger partial charge in [0.25, 0.3) is 0 Å². The Bertz CT molecular complexity index is 1160. The molecule has 2 aromatic rings. The van der Waals surface area contributed by atoms with Crippen LogP contribution >= 0.6 is 11.3 Å².